The minimum atomic E-state index is -0.989. The zero-order valence-electron chi connectivity index (χ0n) is 20.7. The molecular weight excluding hydrogens is 408 g/mol. The van der Waals surface area contributed by atoms with Crippen molar-refractivity contribution in [1.82, 2.24) is 10.6 Å². The summed E-state index contributed by atoms with van der Waals surface area (Å²) in [5.41, 5.74) is 0. The van der Waals surface area contributed by atoms with Crippen molar-refractivity contribution in [3.63, 3.8) is 0 Å². The quantitative estimate of drug-likeness (QED) is 0.251. The van der Waals surface area contributed by atoms with Crippen LogP contribution in [-0.2, 0) is 14.3 Å². The number of hydrogen-bond acceptors (Lipinski definition) is 5. The van der Waals surface area contributed by atoms with Gasteiger partial charge in [-0.25, -0.2) is 4.79 Å². The normalized spacial score (nSPS) is 19.2. The van der Waals surface area contributed by atoms with Gasteiger partial charge >= 0.3 is 6.09 Å². The fourth-order valence-corrected chi connectivity index (χ4v) is 4.00. The molecule has 1 rings (SSSR count). The molecular formula is C25H48N2O5. The molecule has 1 saturated heterocycles. The van der Waals surface area contributed by atoms with Gasteiger partial charge in [0.25, 0.3) is 0 Å². The summed E-state index contributed by atoms with van der Waals surface area (Å²) in [5.74, 6) is -0.0808. The number of nitrogens with one attached hydrogen (secondary N) is 2. The predicted octanol–water partition coefficient (Wildman–Crippen LogP) is 5.05. The zero-order valence-corrected chi connectivity index (χ0v) is 20.7. The summed E-state index contributed by atoms with van der Waals surface area (Å²) in [6.45, 7) is 7.02. The van der Waals surface area contributed by atoms with Crippen molar-refractivity contribution in [3.8, 4) is 0 Å². The molecule has 0 aromatic carbocycles. The highest BCUT2D eigenvalue weighted by molar-refractivity contribution is 5.85. The van der Waals surface area contributed by atoms with Crippen molar-refractivity contribution < 1.29 is 24.2 Å². The van der Waals surface area contributed by atoms with Gasteiger partial charge in [-0.05, 0) is 25.2 Å². The maximum absolute atomic E-state index is 12.6. The summed E-state index contributed by atoms with van der Waals surface area (Å²) >= 11 is 0. The van der Waals surface area contributed by atoms with E-state index in [1.165, 1.54) is 64.2 Å². The van der Waals surface area contributed by atoms with Gasteiger partial charge in [-0.1, -0.05) is 91.4 Å². The Hall–Kier alpha value is -1.34. The topological polar surface area (TPSA) is 96.9 Å². The highest BCUT2D eigenvalue weighted by Gasteiger charge is 2.31. The van der Waals surface area contributed by atoms with Crippen LogP contribution >= 0.6 is 0 Å². The van der Waals surface area contributed by atoms with Gasteiger partial charge in [0.2, 0.25) is 5.91 Å². The van der Waals surface area contributed by atoms with Crippen LogP contribution in [0.4, 0.5) is 4.79 Å². The number of carbonyl (C=O) groups excluding carboxylic acids is 2. The lowest BCUT2D eigenvalue weighted by molar-refractivity contribution is -0.127. The fraction of sp³-hybridized carbons (Fsp3) is 0.920. The number of ether oxygens (including phenoxy) is 2. The van der Waals surface area contributed by atoms with Crippen LogP contribution in [0.15, 0.2) is 0 Å². The average molecular weight is 457 g/mol. The van der Waals surface area contributed by atoms with Crippen LogP contribution in [0.1, 0.15) is 111 Å². The molecule has 3 atom stereocenters. The molecule has 32 heavy (non-hydrogen) atoms. The standard InChI is InChI=1S/C25H48N2O5/c1-4-5-6-7-8-9-10-11-12-13-14-15-17-32-25(30)27-22(19-20(2)3)23(28)26-21-16-18-31-24(21)29/h20-22,24,29H,4-19H2,1-3H3,(H,26,28)(H,27,30). The van der Waals surface area contributed by atoms with E-state index in [1.54, 1.807) is 0 Å². The summed E-state index contributed by atoms with van der Waals surface area (Å²) in [4.78, 5) is 24.7. The molecule has 1 aliphatic heterocycles. The highest BCUT2D eigenvalue weighted by atomic mass is 16.6. The van der Waals surface area contributed by atoms with Crippen LogP contribution in [0.5, 0.6) is 0 Å². The number of unbranched alkanes of at least 4 members (excludes halogenated alkanes) is 11. The zero-order chi connectivity index (χ0) is 23.6. The van der Waals surface area contributed by atoms with E-state index < -0.39 is 24.5 Å². The van der Waals surface area contributed by atoms with E-state index in [-0.39, 0.29) is 11.8 Å². The van der Waals surface area contributed by atoms with Gasteiger partial charge in [0.1, 0.15) is 6.04 Å². The monoisotopic (exact) mass is 456 g/mol. The number of carbonyl (C=O) groups is 2. The average Bonchev–Trinajstić information content (AvgIpc) is 3.15. The molecule has 0 aliphatic carbocycles. The van der Waals surface area contributed by atoms with Crippen LogP contribution in [0.3, 0.4) is 0 Å². The molecule has 0 radical (unpaired) electrons. The first-order chi connectivity index (χ1) is 15.4. The molecule has 0 aromatic heterocycles. The van der Waals surface area contributed by atoms with Gasteiger partial charge in [-0.15, -0.1) is 0 Å². The Bertz CT molecular complexity index is 501. The van der Waals surface area contributed by atoms with Crippen LogP contribution < -0.4 is 10.6 Å². The van der Waals surface area contributed by atoms with E-state index in [4.69, 9.17) is 9.47 Å². The smallest absolute Gasteiger partial charge is 0.407 e. The highest BCUT2D eigenvalue weighted by Crippen LogP contribution is 2.13. The molecule has 1 aliphatic rings. The van der Waals surface area contributed by atoms with Gasteiger partial charge in [-0.3, -0.25) is 4.79 Å². The van der Waals surface area contributed by atoms with Gasteiger partial charge in [0.05, 0.1) is 19.3 Å². The lowest BCUT2D eigenvalue weighted by Gasteiger charge is -2.23. The van der Waals surface area contributed by atoms with Crippen LogP contribution in [0.2, 0.25) is 0 Å². The lowest BCUT2D eigenvalue weighted by atomic mass is 10.0. The number of alkyl carbamates (subject to hydrolysis) is 1. The molecule has 1 heterocycles. The van der Waals surface area contributed by atoms with Crippen molar-refractivity contribution in [1.29, 1.82) is 0 Å². The van der Waals surface area contributed by atoms with Crippen LogP contribution in [0.25, 0.3) is 0 Å². The summed E-state index contributed by atoms with van der Waals surface area (Å²) in [7, 11) is 0. The molecule has 0 bridgehead atoms. The molecule has 1 fully saturated rings. The van der Waals surface area contributed by atoms with Crippen molar-refractivity contribution >= 4 is 12.0 Å². The Labute approximate surface area is 195 Å². The maximum Gasteiger partial charge on any atom is 0.407 e. The minimum absolute atomic E-state index is 0.229. The third-order valence-corrected chi connectivity index (χ3v) is 5.94. The fourth-order valence-electron chi connectivity index (χ4n) is 4.00. The molecule has 0 aromatic rings. The summed E-state index contributed by atoms with van der Waals surface area (Å²) in [6, 6.07) is -1.12. The Balaban J connectivity index is 2.10. The molecule has 2 amide bonds. The van der Waals surface area contributed by atoms with Crippen LogP contribution in [0, 0.1) is 5.92 Å². The third-order valence-electron chi connectivity index (χ3n) is 5.94. The largest absolute Gasteiger partial charge is 0.450 e. The van der Waals surface area contributed by atoms with E-state index in [0.717, 1.165) is 12.8 Å². The molecule has 7 heteroatoms. The number of rotatable bonds is 18. The third kappa shape index (κ3) is 13.9. The van der Waals surface area contributed by atoms with Gasteiger partial charge in [0.15, 0.2) is 6.29 Å². The Morgan fingerprint density at radius 2 is 1.53 bits per heavy atom. The Morgan fingerprint density at radius 1 is 0.969 bits per heavy atom. The van der Waals surface area contributed by atoms with E-state index in [2.05, 4.69) is 17.6 Å². The second kappa shape index (κ2) is 18.1. The number of aliphatic hydroxyl groups excluding tert-OH is 1. The van der Waals surface area contributed by atoms with Crippen molar-refractivity contribution in [3.05, 3.63) is 0 Å². The van der Waals surface area contributed by atoms with Crippen LogP contribution in [-0.4, -0.2) is 48.7 Å². The first-order valence-electron chi connectivity index (χ1n) is 13.0. The van der Waals surface area contributed by atoms with Crippen molar-refractivity contribution in [2.24, 2.45) is 5.92 Å². The molecule has 0 spiro atoms. The predicted molar refractivity (Wildman–Crippen MR) is 127 cm³/mol. The number of hydrogen-bond donors (Lipinski definition) is 3. The van der Waals surface area contributed by atoms with Gasteiger partial charge in [0, 0.05) is 0 Å². The Kier molecular flexibility index (Phi) is 16.3. The number of aliphatic hydroxyl groups is 1. The SMILES string of the molecule is CCCCCCCCCCCCCCOC(=O)NC(CC(C)C)C(=O)NC1CCOC1O. The summed E-state index contributed by atoms with van der Waals surface area (Å²) in [6.07, 6.45) is 14.6. The van der Waals surface area contributed by atoms with Gasteiger partial charge in [-0.2, -0.15) is 0 Å². The van der Waals surface area contributed by atoms with E-state index >= 15 is 0 Å². The maximum atomic E-state index is 12.6. The van der Waals surface area contributed by atoms with E-state index in [0.29, 0.717) is 26.1 Å². The Morgan fingerprint density at radius 3 is 2.03 bits per heavy atom. The second-order valence-corrected chi connectivity index (χ2v) is 9.52. The molecule has 188 valence electrons. The van der Waals surface area contributed by atoms with Gasteiger partial charge < -0.3 is 25.2 Å². The van der Waals surface area contributed by atoms with E-state index in [1.807, 2.05) is 13.8 Å². The van der Waals surface area contributed by atoms with Crippen molar-refractivity contribution in [2.75, 3.05) is 13.2 Å². The molecule has 0 saturated carbocycles. The molecule has 7 nitrogen and oxygen atoms in total. The number of amides is 2. The molecule has 3 unspecified atom stereocenters. The first-order valence-corrected chi connectivity index (χ1v) is 13.0. The second-order valence-electron chi connectivity index (χ2n) is 9.52. The minimum Gasteiger partial charge on any atom is -0.450 e. The van der Waals surface area contributed by atoms with Crippen molar-refractivity contribution in [2.45, 2.75) is 129 Å². The van der Waals surface area contributed by atoms with E-state index in [9.17, 15) is 14.7 Å². The summed E-state index contributed by atoms with van der Waals surface area (Å²) < 4.78 is 10.4. The lowest BCUT2D eigenvalue weighted by Crippen LogP contribution is -2.52. The summed E-state index contributed by atoms with van der Waals surface area (Å²) in [5, 5.41) is 15.2. The first kappa shape index (κ1) is 28.7. The molecule has 3 N–H and O–H groups in total.